The van der Waals surface area contributed by atoms with Crippen LogP contribution in [0.15, 0.2) is 36.7 Å². The van der Waals surface area contributed by atoms with Gasteiger partial charge in [0.15, 0.2) is 0 Å². The molecule has 0 saturated heterocycles. The number of aryl methyl sites for hydroxylation is 1. The Hall–Kier alpha value is -2.30. The Kier molecular flexibility index (Phi) is 3.32. The molecule has 0 aliphatic heterocycles. The van der Waals surface area contributed by atoms with Gasteiger partial charge in [0.1, 0.15) is 11.6 Å². The molecule has 0 radical (unpaired) electrons. The number of aromatic nitrogens is 1. The number of carbonyl (C=O) groups excluding carboxylic acids is 1. The van der Waals surface area contributed by atoms with Crippen molar-refractivity contribution in [3.8, 4) is 0 Å². The van der Waals surface area contributed by atoms with Crippen LogP contribution in [0.1, 0.15) is 15.9 Å². The van der Waals surface area contributed by atoms with Gasteiger partial charge >= 0.3 is 0 Å². The fourth-order valence-electron chi connectivity index (χ4n) is 1.47. The predicted octanol–water partition coefficient (Wildman–Crippen LogP) is 2.92. The summed E-state index contributed by atoms with van der Waals surface area (Å²) in [5.74, 6) is -1.35. The number of carbonyl (C=O) groups is 1. The van der Waals surface area contributed by atoms with Crippen LogP contribution in [-0.2, 0) is 0 Å². The van der Waals surface area contributed by atoms with Crippen molar-refractivity contribution in [1.29, 1.82) is 0 Å². The minimum atomic E-state index is -0.539. The first kappa shape index (κ1) is 12.2. The lowest BCUT2D eigenvalue weighted by atomic mass is 10.1. The molecule has 0 fully saturated rings. The highest BCUT2D eigenvalue weighted by molar-refractivity contribution is 6.04. The maximum absolute atomic E-state index is 13.1. The minimum absolute atomic E-state index is 0.252. The van der Waals surface area contributed by atoms with E-state index < -0.39 is 11.7 Å². The first-order valence-corrected chi connectivity index (χ1v) is 5.24. The number of pyridine rings is 1. The van der Waals surface area contributed by atoms with Crippen LogP contribution in [0.25, 0.3) is 0 Å². The van der Waals surface area contributed by atoms with Gasteiger partial charge in [-0.2, -0.15) is 0 Å². The molecule has 18 heavy (non-hydrogen) atoms. The highest BCUT2D eigenvalue weighted by Crippen LogP contribution is 2.12. The van der Waals surface area contributed by atoms with Gasteiger partial charge in [0, 0.05) is 11.6 Å². The molecule has 2 aromatic rings. The van der Waals surface area contributed by atoms with Gasteiger partial charge in [0.25, 0.3) is 5.91 Å². The van der Waals surface area contributed by atoms with Gasteiger partial charge in [-0.3, -0.25) is 9.78 Å². The van der Waals surface area contributed by atoms with Crippen LogP contribution >= 0.6 is 0 Å². The van der Waals surface area contributed by atoms with E-state index in [0.717, 1.165) is 12.3 Å². The molecule has 0 spiro atoms. The van der Waals surface area contributed by atoms with E-state index in [1.165, 1.54) is 24.4 Å². The Balaban J connectivity index is 2.19. The summed E-state index contributed by atoms with van der Waals surface area (Å²) in [4.78, 5) is 15.4. The third kappa shape index (κ3) is 2.68. The minimum Gasteiger partial charge on any atom is -0.320 e. The molecule has 0 aliphatic carbocycles. The molecular formula is C13H10F2N2O. The number of rotatable bonds is 2. The Morgan fingerprint density at radius 2 is 2.00 bits per heavy atom. The number of nitrogens with zero attached hydrogens (tertiary/aromatic N) is 1. The van der Waals surface area contributed by atoms with Gasteiger partial charge in [-0.05, 0) is 30.7 Å². The van der Waals surface area contributed by atoms with Gasteiger partial charge in [-0.25, -0.2) is 8.78 Å². The van der Waals surface area contributed by atoms with Crippen molar-refractivity contribution in [1.82, 2.24) is 4.98 Å². The van der Waals surface area contributed by atoms with E-state index in [0.29, 0.717) is 11.1 Å². The lowest BCUT2D eigenvalue weighted by molar-refractivity contribution is 0.102. The summed E-state index contributed by atoms with van der Waals surface area (Å²) < 4.78 is 25.9. The summed E-state index contributed by atoms with van der Waals surface area (Å²) in [7, 11) is 0. The van der Waals surface area contributed by atoms with E-state index in [2.05, 4.69) is 10.3 Å². The second-order valence-electron chi connectivity index (χ2n) is 3.81. The van der Waals surface area contributed by atoms with Gasteiger partial charge in [0.2, 0.25) is 0 Å². The van der Waals surface area contributed by atoms with Crippen LogP contribution in [0.4, 0.5) is 14.5 Å². The zero-order valence-electron chi connectivity index (χ0n) is 9.58. The molecule has 1 N–H and O–H groups in total. The average Bonchev–Trinajstić information content (AvgIpc) is 2.32. The molecule has 1 aromatic heterocycles. The normalized spacial score (nSPS) is 10.2. The third-order valence-electron chi connectivity index (χ3n) is 2.38. The Labute approximate surface area is 102 Å². The molecule has 0 unspecified atom stereocenters. The number of hydrogen-bond donors (Lipinski definition) is 1. The lowest BCUT2D eigenvalue weighted by Crippen LogP contribution is -2.12. The van der Waals surface area contributed by atoms with Crippen LogP contribution in [0, 0.1) is 18.6 Å². The zero-order valence-corrected chi connectivity index (χ0v) is 9.58. The number of hydrogen-bond acceptors (Lipinski definition) is 2. The quantitative estimate of drug-likeness (QED) is 0.887. The summed E-state index contributed by atoms with van der Waals surface area (Å²) in [6.07, 6.45) is 2.37. The van der Waals surface area contributed by atoms with Crippen molar-refractivity contribution in [3.63, 3.8) is 0 Å². The molecule has 5 heteroatoms. The second-order valence-corrected chi connectivity index (χ2v) is 3.81. The van der Waals surface area contributed by atoms with E-state index in [-0.39, 0.29) is 11.5 Å². The van der Waals surface area contributed by atoms with E-state index in [1.54, 1.807) is 6.92 Å². The van der Waals surface area contributed by atoms with E-state index in [4.69, 9.17) is 0 Å². The van der Waals surface area contributed by atoms with Crippen LogP contribution in [0.2, 0.25) is 0 Å². The topological polar surface area (TPSA) is 42.0 Å². The molecule has 1 aromatic carbocycles. The molecule has 3 nitrogen and oxygen atoms in total. The van der Waals surface area contributed by atoms with E-state index in [1.807, 2.05) is 0 Å². The fourth-order valence-corrected chi connectivity index (χ4v) is 1.47. The van der Waals surface area contributed by atoms with Crippen molar-refractivity contribution in [2.24, 2.45) is 0 Å². The summed E-state index contributed by atoms with van der Waals surface area (Å²) in [6.45, 7) is 1.57. The standard InChI is InChI=1S/C13H10F2N2O/c1-8-4-9(2-3-12(8)15)13(18)17-11-5-10(14)6-16-7-11/h2-7H,1H3,(H,17,18). The number of nitrogens with one attached hydrogen (secondary N) is 1. The number of anilines is 1. The lowest BCUT2D eigenvalue weighted by Gasteiger charge is -2.05. The molecule has 92 valence electrons. The van der Waals surface area contributed by atoms with Crippen molar-refractivity contribution < 1.29 is 13.6 Å². The molecule has 2 rings (SSSR count). The van der Waals surface area contributed by atoms with Gasteiger partial charge < -0.3 is 5.32 Å². The van der Waals surface area contributed by atoms with Crippen LogP contribution < -0.4 is 5.32 Å². The SMILES string of the molecule is Cc1cc(C(=O)Nc2cncc(F)c2)ccc1F. The van der Waals surface area contributed by atoms with Crippen molar-refractivity contribution in [3.05, 3.63) is 59.4 Å². The molecule has 1 amide bonds. The summed E-state index contributed by atoms with van der Waals surface area (Å²) in [5, 5.41) is 2.48. The summed E-state index contributed by atoms with van der Waals surface area (Å²) in [5.41, 5.74) is 0.931. The van der Waals surface area contributed by atoms with E-state index >= 15 is 0 Å². The number of halogens is 2. The van der Waals surface area contributed by atoms with Crippen molar-refractivity contribution >= 4 is 11.6 Å². The zero-order chi connectivity index (χ0) is 13.1. The molecule has 0 atom stereocenters. The first-order valence-electron chi connectivity index (χ1n) is 5.24. The van der Waals surface area contributed by atoms with Crippen molar-refractivity contribution in [2.75, 3.05) is 5.32 Å². The van der Waals surface area contributed by atoms with E-state index in [9.17, 15) is 13.6 Å². The maximum atomic E-state index is 13.1. The molecule has 0 bridgehead atoms. The monoisotopic (exact) mass is 248 g/mol. The molecule has 0 saturated carbocycles. The average molecular weight is 248 g/mol. The van der Waals surface area contributed by atoms with Crippen LogP contribution in [0.3, 0.4) is 0 Å². The van der Waals surface area contributed by atoms with Gasteiger partial charge in [0.05, 0.1) is 18.1 Å². The Bertz CT molecular complexity index is 599. The van der Waals surface area contributed by atoms with Gasteiger partial charge in [-0.15, -0.1) is 0 Å². The Morgan fingerprint density at radius 1 is 1.22 bits per heavy atom. The van der Waals surface area contributed by atoms with Crippen LogP contribution in [0.5, 0.6) is 0 Å². The summed E-state index contributed by atoms with van der Waals surface area (Å²) in [6, 6.07) is 5.16. The first-order chi connectivity index (χ1) is 8.56. The molecular weight excluding hydrogens is 238 g/mol. The smallest absolute Gasteiger partial charge is 0.255 e. The maximum Gasteiger partial charge on any atom is 0.255 e. The van der Waals surface area contributed by atoms with Gasteiger partial charge in [-0.1, -0.05) is 0 Å². The molecule has 0 aliphatic rings. The molecule has 1 heterocycles. The van der Waals surface area contributed by atoms with Crippen molar-refractivity contribution in [2.45, 2.75) is 6.92 Å². The highest BCUT2D eigenvalue weighted by Gasteiger charge is 2.08. The number of benzene rings is 1. The Morgan fingerprint density at radius 3 is 2.67 bits per heavy atom. The fraction of sp³-hybridized carbons (Fsp3) is 0.0769. The summed E-state index contributed by atoms with van der Waals surface area (Å²) >= 11 is 0. The number of amides is 1. The van der Waals surface area contributed by atoms with Crippen LogP contribution in [-0.4, -0.2) is 10.9 Å². The largest absolute Gasteiger partial charge is 0.320 e. The third-order valence-corrected chi connectivity index (χ3v) is 2.38. The highest BCUT2D eigenvalue weighted by atomic mass is 19.1. The second kappa shape index (κ2) is 4.91. The predicted molar refractivity (Wildman–Crippen MR) is 63.3 cm³/mol.